The summed E-state index contributed by atoms with van der Waals surface area (Å²) in [5.74, 6) is -7.73. The van der Waals surface area contributed by atoms with E-state index in [1.165, 1.54) is 31.9 Å². The molecule has 6 heterocycles. The van der Waals surface area contributed by atoms with Crippen LogP contribution in [0.1, 0.15) is 96.1 Å². The van der Waals surface area contributed by atoms with Crippen LogP contribution in [0.4, 0.5) is 5.69 Å². The first-order valence-electron chi connectivity index (χ1n) is 26.7. The molecule has 9 atom stereocenters. The number of ether oxygens (including phenoxy) is 4. The number of methoxy groups -OCH3 is 1. The maximum absolute atomic E-state index is 15.0. The van der Waals surface area contributed by atoms with Gasteiger partial charge in [0.15, 0.2) is 11.4 Å². The minimum Gasteiger partial charge on any atom is -0.507 e. The number of Topliss-reactive ketones (excluding diaryl/α,β-unsaturated/α-hetero) is 1. The summed E-state index contributed by atoms with van der Waals surface area (Å²) >= 11 is 0. The monoisotopic (exact) mass is 1050 g/mol. The zero-order valence-electron chi connectivity index (χ0n) is 45.5. The van der Waals surface area contributed by atoms with Crippen molar-refractivity contribution >= 4 is 40.0 Å². The van der Waals surface area contributed by atoms with Gasteiger partial charge in [-0.15, -0.1) is 0 Å². The number of amides is 2. The Bertz CT molecular complexity index is 2930. The molecular weight excluding hydrogens is 973 g/mol. The Labute approximate surface area is 444 Å². The van der Waals surface area contributed by atoms with E-state index in [-0.39, 0.29) is 55.5 Å². The number of piperidine rings is 1. The highest BCUT2D eigenvalue weighted by atomic mass is 16.7. The zero-order valence-corrected chi connectivity index (χ0v) is 45.5. The number of likely N-dealkylation sites (tertiary alicyclic amines) is 1. The number of hydrogen-bond acceptors (Lipinski definition) is 16. The van der Waals surface area contributed by atoms with Gasteiger partial charge in [-0.2, -0.15) is 0 Å². The summed E-state index contributed by atoms with van der Waals surface area (Å²) in [5.41, 5.74) is 0.478. The van der Waals surface area contributed by atoms with E-state index in [0.29, 0.717) is 58.0 Å². The lowest BCUT2D eigenvalue weighted by molar-refractivity contribution is -0.165. The van der Waals surface area contributed by atoms with Crippen molar-refractivity contribution in [3.05, 3.63) is 93.9 Å². The van der Waals surface area contributed by atoms with E-state index in [9.17, 15) is 39.6 Å². The molecule has 18 nitrogen and oxygen atoms in total. The number of ketones is 1. The summed E-state index contributed by atoms with van der Waals surface area (Å²) in [6.45, 7) is 21.0. The molecule has 6 aliphatic rings. The predicted octanol–water partition coefficient (Wildman–Crippen LogP) is 5.46. The molecular formula is C58H76N6O12. The largest absolute Gasteiger partial charge is 0.507 e. The second kappa shape index (κ2) is 22.8. The van der Waals surface area contributed by atoms with Crippen LogP contribution in [0.25, 0.3) is 10.8 Å². The van der Waals surface area contributed by atoms with Crippen LogP contribution < -0.4 is 20.8 Å². The van der Waals surface area contributed by atoms with Crippen molar-refractivity contribution in [1.82, 2.24) is 14.7 Å². The van der Waals surface area contributed by atoms with Gasteiger partial charge in [0.05, 0.1) is 40.9 Å². The first-order valence-corrected chi connectivity index (χ1v) is 26.7. The van der Waals surface area contributed by atoms with Crippen molar-refractivity contribution in [2.75, 3.05) is 58.2 Å². The maximum atomic E-state index is 15.0. The molecule has 6 aliphatic heterocycles. The van der Waals surface area contributed by atoms with Gasteiger partial charge in [-0.1, -0.05) is 90.1 Å². The highest BCUT2D eigenvalue weighted by molar-refractivity contribution is 6.19. The van der Waals surface area contributed by atoms with E-state index in [1.54, 1.807) is 64.7 Å². The van der Waals surface area contributed by atoms with E-state index >= 15 is 0 Å². The minimum absolute atomic E-state index is 0.00928. The van der Waals surface area contributed by atoms with Crippen LogP contribution in [-0.4, -0.2) is 147 Å². The SMILES string of the molecule is CO[C@H]1/C=C/O[C@@]2(C)Oc3c(C)c(O)c4c(O)c(c5c(c4c3C2=O)=NC2(CCN(CC(C)C)CC2)N=5)NC(=O)/C(C)=C\C=C\[C@H](C)[C@H](O)[C@@H](C)[C@@H](O)[C@@H](C)[C@H](OC(=O)CC(=O)N2CCN(Cc3ccccc3)CC2)[C@@H]1C. The topological polar surface area (TPSA) is 233 Å². The van der Waals surface area contributed by atoms with Crippen molar-refractivity contribution in [3.8, 4) is 17.2 Å². The number of aliphatic hydroxyl groups is 2. The third-order valence-corrected chi connectivity index (χ3v) is 16.1. The van der Waals surface area contributed by atoms with E-state index in [4.69, 9.17) is 28.9 Å². The number of aromatic hydroxyl groups is 2. The van der Waals surface area contributed by atoms with Gasteiger partial charge in [0.2, 0.25) is 5.91 Å². The molecule has 18 heteroatoms. The molecule has 2 fully saturated rings. The average molecular weight is 1050 g/mol. The Kier molecular flexibility index (Phi) is 16.8. The average Bonchev–Trinajstić information content (AvgIpc) is 3.90. The fraction of sp³-hybridized carbons (Fsp3) is 0.552. The molecule has 5 bridgehead atoms. The number of aliphatic hydroxyl groups excluding tert-OH is 2. The quantitative estimate of drug-likeness (QED) is 0.107. The van der Waals surface area contributed by atoms with Gasteiger partial charge in [0, 0.05) is 119 Å². The molecule has 2 amide bonds. The zero-order chi connectivity index (χ0) is 55.0. The Morgan fingerprint density at radius 2 is 1.53 bits per heavy atom. The minimum atomic E-state index is -2.02. The van der Waals surface area contributed by atoms with E-state index in [2.05, 4.69) is 41.1 Å². The summed E-state index contributed by atoms with van der Waals surface area (Å²) in [6, 6.07) is 10.1. The molecule has 410 valence electrons. The second-order valence-electron chi connectivity index (χ2n) is 22.2. The van der Waals surface area contributed by atoms with Gasteiger partial charge in [-0.25, -0.2) is 0 Å². The fourth-order valence-corrected chi connectivity index (χ4v) is 11.4. The first kappa shape index (κ1) is 56.0. The number of esters is 1. The number of benzene rings is 3. The Morgan fingerprint density at radius 3 is 2.18 bits per heavy atom. The van der Waals surface area contributed by atoms with E-state index in [0.717, 1.165) is 13.1 Å². The third-order valence-electron chi connectivity index (χ3n) is 16.1. The second-order valence-corrected chi connectivity index (χ2v) is 22.2. The highest BCUT2D eigenvalue weighted by Gasteiger charge is 2.50. The van der Waals surface area contributed by atoms with Crippen LogP contribution in [0.3, 0.4) is 0 Å². The Balaban J connectivity index is 1.14. The molecule has 1 spiro atoms. The number of rotatable bonds is 8. The number of carbonyl (C=O) groups is 4. The van der Waals surface area contributed by atoms with Crippen molar-refractivity contribution in [2.45, 2.75) is 124 Å². The van der Waals surface area contributed by atoms with Gasteiger partial charge in [-0.3, -0.25) is 34.1 Å². The smallest absolute Gasteiger partial charge is 0.315 e. The summed E-state index contributed by atoms with van der Waals surface area (Å²) in [5, 5.41) is 51.1. The standard InChI is InChI=1S/C58H76N6O12/c1-32(2)30-62-22-20-58(21-23-62)60-46-43-44-51(69)38(8)54-45(43)55(71)57(9,76-54)74-28-19-40(73-10)35(5)53(75-42(66)29-41(65)64-26-24-63(25-27-64)31-39-17-12-11-13-18-39)37(7)50(68)36(6)49(67)33(3)15-14-16-34(4)56(72)59-48(52(44)70)47(46)61-58/h11-19,28,32-33,35-37,40,49-50,53,67-70H,20-27,29-31H2,1-10H3,(H,59,72)/b15-14+,28-19+,34-16-/t33-,35+,36+,37+,40-,49-,50+,53+,57-/m0/s1. The first-order chi connectivity index (χ1) is 36.1. The van der Waals surface area contributed by atoms with Gasteiger partial charge in [0.25, 0.3) is 11.7 Å². The fourth-order valence-electron chi connectivity index (χ4n) is 11.4. The van der Waals surface area contributed by atoms with Crippen LogP contribution in [0.5, 0.6) is 17.2 Å². The number of phenolic OH excluding ortho intramolecular Hbond substituents is 2. The highest BCUT2D eigenvalue weighted by Crippen LogP contribution is 2.50. The van der Waals surface area contributed by atoms with Crippen LogP contribution in [0.15, 0.2) is 76.5 Å². The lowest BCUT2D eigenvalue weighted by atomic mass is 9.78. The molecule has 5 N–H and O–H groups in total. The molecule has 2 saturated heterocycles. The maximum Gasteiger partial charge on any atom is 0.315 e. The predicted molar refractivity (Wildman–Crippen MR) is 285 cm³/mol. The van der Waals surface area contributed by atoms with Gasteiger partial charge >= 0.3 is 11.8 Å². The third kappa shape index (κ3) is 11.3. The van der Waals surface area contributed by atoms with Crippen molar-refractivity contribution in [1.29, 1.82) is 0 Å². The number of hydrogen-bond donors (Lipinski definition) is 5. The number of nitrogens with one attached hydrogen (secondary N) is 1. The lowest BCUT2D eigenvalue weighted by Crippen LogP contribution is -2.49. The number of piperazine rings is 1. The summed E-state index contributed by atoms with van der Waals surface area (Å²) in [7, 11) is 1.45. The Hall–Kier alpha value is -6.18. The molecule has 0 aromatic heterocycles. The van der Waals surface area contributed by atoms with Crippen LogP contribution in [0, 0.1) is 36.5 Å². The van der Waals surface area contributed by atoms with Crippen molar-refractivity contribution < 1.29 is 58.6 Å². The summed E-state index contributed by atoms with van der Waals surface area (Å²) in [6.07, 6.45) is 3.85. The summed E-state index contributed by atoms with van der Waals surface area (Å²) < 4.78 is 24.7. The van der Waals surface area contributed by atoms with Gasteiger partial charge in [0.1, 0.15) is 35.1 Å². The molecule has 76 heavy (non-hydrogen) atoms. The molecule has 3 aromatic carbocycles. The molecule has 3 aromatic rings. The van der Waals surface area contributed by atoms with Gasteiger partial charge < -0.3 is 54.5 Å². The lowest BCUT2D eigenvalue weighted by Gasteiger charge is -2.38. The van der Waals surface area contributed by atoms with Crippen LogP contribution in [0.2, 0.25) is 0 Å². The number of fused-ring (bicyclic) bond motifs is 13. The van der Waals surface area contributed by atoms with E-state index < -0.39 is 95.1 Å². The van der Waals surface area contributed by atoms with Crippen LogP contribution in [-0.2, 0) is 35.1 Å². The van der Waals surface area contributed by atoms with Crippen molar-refractivity contribution in [3.63, 3.8) is 0 Å². The van der Waals surface area contributed by atoms with Gasteiger partial charge in [-0.05, 0) is 31.4 Å². The number of phenols is 2. The van der Waals surface area contributed by atoms with Crippen molar-refractivity contribution in [2.24, 2.45) is 39.6 Å². The normalized spacial score (nSPS) is 30.0. The number of allylic oxidation sites excluding steroid dienone is 2. The molecule has 9 rings (SSSR count). The summed E-state index contributed by atoms with van der Waals surface area (Å²) in [4.78, 5) is 73.2. The molecule has 0 unspecified atom stereocenters. The van der Waals surface area contributed by atoms with Crippen LogP contribution >= 0.6 is 0 Å². The molecule has 0 aliphatic carbocycles. The number of anilines is 1. The van der Waals surface area contributed by atoms with E-state index in [1.807, 2.05) is 18.2 Å². The molecule has 0 radical (unpaired) electrons. The molecule has 0 saturated carbocycles. The number of carbonyl (C=O) groups excluding carboxylic acids is 4. The number of nitrogens with zero attached hydrogens (tertiary/aromatic N) is 5. The Morgan fingerprint density at radius 1 is 0.855 bits per heavy atom.